The number of rotatable bonds is 8. The number of aryl methyl sites for hydroxylation is 1. The molecule has 116 valence electrons. The summed E-state index contributed by atoms with van der Waals surface area (Å²) < 4.78 is 16.2. The van der Waals surface area contributed by atoms with Gasteiger partial charge in [0.2, 0.25) is 0 Å². The molecule has 2 atom stereocenters. The molecule has 21 heavy (non-hydrogen) atoms. The molecule has 2 rings (SSSR count). The van der Waals surface area contributed by atoms with E-state index >= 15 is 0 Å². The van der Waals surface area contributed by atoms with Crippen LogP contribution < -0.4 is 0 Å². The number of hydrogen-bond donors (Lipinski definition) is 0. The molecule has 0 saturated carbocycles. The molecule has 0 radical (unpaired) electrons. The van der Waals surface area contributed by atoms with E-state index in [9.17, 15) is 4.79 Å². The van der Waals surface area contributed by atoms with E-state index in [2.05, 4.69) is 4.98 Å². The summed E-state index contributed by atoms with van der Waals surface area (Å²) in [5.74, 6) is -0.303. The number of carbonyl (C=O) groups is 1. The molecule has 1 aromatic heterocycles. The fourth-order valence-electron chi connectivity index (χ4n) is 2.21. The van der Waals surface area contributed by atoms with Gasteiger partial charge >= 0.3 is 5.97 Å². The molecule has 5 heteroatoms. The molecule has 0 spiro atoms. The third-order valence-electron chi connectivity index (χ3n) is 3.49. The van der Waals surface area contributed by atoms with Crippen LogP contribution in [-0.2, 0) is 25.4 Å². The largest absolute Gasteiger partial charge is 0.464 e. The Morgan fingerprint density at radius 1 is 1.48 bits per heavy atom. The van der Waals surface area contributed by atoms with Gasteiger partial charge in [-0.05, 0) is 50.3 Å². The second kappa shape index (κ2) is 8.74. The first-order chi connectivity index (χ1) is 10.3. The topological polar surface area (TPSA) is 57.7 Å². The number of pyridine rings is 1. The fraction of sp³-hybridized carbons (Fsp3) is 0.625. The van der Waals surface area contributed by atoms with Crippen LogP contribution >= 0.6 is 0 Å². The minimum Gasteiger partial charge on any atom is -0.464 e. The van der Waals surface area contributed by atoms with Gasteiger partial charge in [0.25, 0.3) is 0 Å². The van der Waals surface area contributed by atoms with Crippen LogP contribution in [0.1, 0.15) is 31.7 Å². The van der Waals surface area contributed by atoms with Crippen molar-refractivity contribution in [2.75, 3.05) is 19.8 Å². The van der Waals surface area contributed by atoms with Crippen LogP contribution in [0, 0.1) is 0 Å². The number of esters is 1. The lowest BCUT2D eigenvalue weighted by atomic mass is 10.1. The lowest BCUT2D eigenvalue weighted by Crippen LogP contribution is -2.27. The zero-order valence-electron chi connectivity index (χ0n) is 12.5. The van der Waals surface area contributed by atoms with Gasteiger partial charge in [-0.15, -0.1) is 0 Å². The van der Waals surface area contributed by atoms with Crippen molar-refractivity contribution in [1.29, 1.82) is 0 Å². The molecule has 0 amide bonds. The number of nitrogens with zero attached hydrogens (tertiary/aromatic N) is 1. The summed E-state index contributed by atoms with van der Waals surface area (Å²) >= 11 is 0. The highest BCUT2D eigenvalue weighted by molar-refractivity contribution is 5.74. The molecule has 2 heterocycles. The fourth-order valence-corrected chi connectivity index (χ4v) is 2.21. The van der Waals surface area contributed by atoms with Gasteiger partial charge < -0.3 is 14.2 Å². The summed E-state index contributed by atoms with van der Waals surface area (Å²) in [5.41, 5.74) is 1.20. The van der Waals surface area contributed by atoms with Crippen LogP contribution in [0.4, 0.5) is 0 Å². The highest BCUT2D eigenvalue weighted by atomic mass is 16.6. The molecule has 0 N–H and O–H groups in total. The van der Waals surface area contributed by atoms with E-state index in [0.29, 0.717) is 13.2 Å². The summed E-state index contributed by atoms with van der Waals surface area (Å²) in [7, 11) is 0. The van der Waals surface area contributed by atoms with E-state index in [4.69, 9.17) is 14.2 Å². The standard InChI is InChI=1S/C16H23NO4/c1-13(21-12-15-5-3-10-19-15)16(18)20-11-2-4-14-6-8-17-9-7-14/h6-9,13,15H,2-5,10-12H2,1H3. The summed E-state index contributed by atoms with van der Waals surface area (Å²) in [6.45, 7) is 3.39. The van der Waals surface area contributed by atoms with Crippen LogP contribution in [0.5, 0.6) is 0 Å². The molecule has 1 aliphatic rings. The minimum atomic E-state index is -0.532. The van der Waals surface area contributed by atoms with Gasteiger partial charge in [-0.3, -0.25) is 4.98 Å². The van der Waals surface area contributed by atoms with Crippen LogP contribution in [0.3, 0.4) is 0 Å². The van der Waals surface area contributed by atoms with E-state index in [0.717, 1.165) is 32.3 Å². The first-order valence-corrected chi connectivity index (χ1v) is 7.54. The van der Waals surface area contributed by atoms with Crippen molar-refractivity contribution in [2.45, 2.75) is 44.8 Å². The maximum Gasteiger partial charge on any atom is 0.334 e. The minimum absolute atomic E-state index is 0.131. The van der Waals surface area contributed by atoms with Crippen molar-refractivity contribution in [3.8, 4) is 0 Å². The average Bonchev–Trinajstić information content (AvgIpc) is 3.03. The summed E-state index contributed by atoms with van der Waals surface area (Å²) in [5, 5.41) is 0. The molecule has 1 fully saturated rings. The van der Waals surface area contributed by atoms with E-state index < -0.39 is 6.10 Å². The summed E-state index contributed by atoms with van der Waals surface area (Å²) in [4.78, 5) is 15.7. The Kier molecular flexibility index (Phi) is 6.63. The Morgan fingerprint density at radius 2 is 2.29 bits per heavy atom. The van der Waals surface area contributed by atoms with Crippen LogP contribution in [0.25, 0.3) is 0 Å². The predicted molar refractivity (Wildman–Crippen MR) is 77.9 cm³/mol. The monoisotopic (exact) mass is 293 g/mol. The van der Waals surface area contributed by atoms with Gasteiger partial charge in [-0.1, -0.05) is 0 Å². The van der Waals surface area contributed by atoms with E-state index in [1.165, 1.54) is 5.56 Å². The van der Waals surface area contributed by atoms with Gasteiger partial charge in [-0.25, -0.2) is 4.79 Å². The average molecular weight is 293 g/mol. The molecule has 1 saturated heterocycles. The lowest BCUT2D eigenvalue weighted by molar-refractivity contribution is -0.157. The van der Waals surface area contributed by atoms with E-state index in [1.54, 1.807) is 19.3 Å². The van der Waals surface area contributed by atoms with Crippen molar-refractivity contribution in [2.24, 2.45) is 0 Å². The Morgan fingerprint density at radius 3 is 3.00 bits per heavy atom. The molecular formula is C16H23NO4. The highest BCUT2D eigenvalue weighted by Crippen LogP contribution is 2.13. The van der Waals surface area contributed by atoms with Crippen LogP contribution in [0.2, 0.25) is 0 Å². The number of hydrogen-bond acceptors (Lipinski definition) is 5. The van der Waals surface area contributed by atoms with Gasteiger partial charge in [0, 0.05) is 19.0 Å². The molecule has 0 aliphatic carbocycles. The zero-order valence-corrected chi connectivity index (χ0v) is 12.5. The van der Waals surface area contributed by atoms with E-state index in [-0.39, 0.29) is 12.1 Å². The maximum absolute atomic E-state index is 11.8. The SMILES string of the molecule is CC(OCC1CCCO1)C(=O)OCCCc1ccncc1. The van der Waals surface area contributed by atoms with E-state index in [1.807, 2.05) is 12.1 Å². The second-order valence-corrected chi connectivity index (χ2v) is 5.24. The van der Waals surface area contributed by atoms with Crippen molar-refractivity contribution in [1.82, 2.24) is 4.98 Å². The quantitative estimate of drug-likeness (QED) is 0.543. The number of ether oxygens (including phenoxy) is 3. The first kappa shape index (κ1) is 15.9. The van der Waals surface area contributed by atoms with Crippen LogP contribution in [-0.4, -0.2) is 43.0 Å². The van der Waals surface area contributed by atoms with Gasteiger partial charge in [-0.2, -0.15) is 0 Å². The molecule has 5 nitrogen and oxygen atoms in total. The smallest absolute Gasteiger partial charge is 0.334 e. The van der Waals surface area contributed by atoms with Gasteiger partial charge in [0.15, 0.2) is 6.10 Å². The third-order valence-corrected chi connectivity index (χ3v) is 3.49. The van der Waals surface area contributed by atoms with Crippen molar-refractivity contribution >= 4 is 5.97 Å². The summed E-state index contributed by atoms with van der Waals surface area (Å²) in [6.07, 6.45) is 6.89. The lowest BCUT2D eigenvalue weighted by Gasteiger charge is -2.15. The number of aromatic nitrogens is 1. The molecule has 0 aromatic carbocycles. The normalized spacial score (nSPS) is 19.4. The Bertz CT molecular complexity index is 418. The molecule has 2 unspecified atom stereocenters. The Balaban J connectivity index is 1.55. The molecule has 1 aromatic rings. The first-order valence-electron chi connectivity index (χ1n) is 7.54. The van der Waals surface area contributed by atoms with Gasteiger partial charge in [0.1, 0.15) is 0 Å². The third kappa shape index (κ3) is 5.81. The van der Waals surface area contributed by atoms with Crippen molar-refractivity contribution < 1.29 is 19.0 Å². The maximum atomic E-state index is 11.8. The predicted octanol–water partition coefficient (Wildman–Crippen LogP) is 2.14. The number of carbonyl (C=O) groups excluding carboxylic acids is 1. The Labute approximate surface area is 125 Å². The zero-order chi connectivity index (χ0) is 14.9. The van der Waals surface area contributed by atoms with Crippen molar-refractivity contribution in [3.05, 3.63) is 30.1 Å². The van der Waals surface area contributed by atoms with Crippen LogP contribution in [0.15, 0.2) is 24.5 Å². The Hall–Kier alpha value is -1.46. The molecule has 0 bridgehead atoms. The summed E-state index contributed by atoms with van der Waals surface area (Å²) in [6, 6.07) is 3.93. The highest BCUT2D eigenvalue weighted by Gasteiger charge is 2.20. The van der Waals surface area contributed by atoms with Crippen molar-refractivity contribution in [3.63, 3.8) is 0 Å². The molecule has 1 aliphatic heterocycles. The second-order valence-electron chi connectivity index (χ2n) is 5.24. The molecular weight excluding hydrogens is 270 g/mol. The van der Waals surface area contributed by atoms with Gasteiger partial charge in [0.05, 0.1) is 19.3 Å².